The average Bonchev–Trinajstić information content (AvgIpc) is 2.90. The minimum Gasteiger partial charge on any atom is -0.326 e. The van der Waals surface area contributed by atoms with Crippen molar-refractivity contribution >= 4 is 5.65 Å². The van der Waals surface area contributed by atoms with Crippen molar-refractivity contribution in [2.24, 2.45) is 5.73 Å². The molecule has 0 atom stereocenters. The molecule has 3 rings (SSSR count). The van der Waals surface area contributed by atoms with Crippen LogP contribution in [0.1, 0.15) is 11.1 Å². The van der Waals surface area contributed by atoms with Gasteiger partial charge in [-0.3, -0.25) is 4.40 Å². The van der Waals surface area contributed by atoms with Gasteiger partial charge >= 0.3 is 6.18 Å². The van der Waals surface area contributed by atoms with E-state index in [0.29, 0.717) is 17.0 Å². The molecule has 3 aromatic rings. The standard InChI is InChI=1S/C14H11F3N4/c15-14(16,17)11-5-1-3-9(7-11)12-19-20-13-10(8-18)4-2-6-21(12)13/h1-7H,8,18H2. The largest absolute Gasteiger partial charge is 0.416 e. The lowest BCUT2D eigenvalue weighted by Crippen LogP contribution is -2.05. The molecule has 2 aromatic heterocycles. The molecular formula is C14H11F3N4. The second kappa shape index (κ2) is 4.85. The van der Waals surface area contributed by atoms with Crippen LogP contribution in [-0.4, -0.2) is 14.6 Å². The summed E-state index contributed by atoms with van der Waals surface area (Å²) in [7, 11) is 0. The van der Waals surface area contributed by atoms with Gasteiger partial charge in [-0.1, -0.05) is 18.2 Å². The lowest BCUT2D eigenvalue weighted by molar-refractivity contribution is -0.137. The third-order valence-electron chi connectivity index (χ3n) is 3.18. The van der Waals surface area contributed by atoms with Crippen LogP contribution in [0.5, 0.6) is 0 Å². The Morgan fingerprint density at radius 3 is 2.62 bits per heavy atom. The number of benzene rings is 1. The SMILES string of the molecule is NCc1cccn2c(-c3cccc(C(F)(F)F)c3)nnc12. The van der Waals surface area contributed by atoms with E-state index in [4.69, 9.17) is 5.73 Å². The monoisotopic (exact) mass is 292 g/mol. The zero-order valence-corrected chi connectivity index (χ0v) is 10.8. The Labute approximate surface area is 118 Å². The summed E-state index contributed by atoms with van der Waals surface area (Å²) >= 11 is 0. The van der Waals surface area contributed by atoms with E-state index in [9.17, 15) is 13.2 Å². The van der Waals surface area contributed by atoms with Crippen molar-refractivity contribution in [2.45, 2.75) is 12.7 Å². The maximum Gasteiger partial charge on any atom is 0.416 e. The molecule has 0 aliphatic rings. The molecule has 2 N–H and O–H groups in total. The summed E-state index contributed by atoms with van der Waals surface area (Å²) in [6.45, 7) is 0.283. The predicted octanol–water partition coefficient (Wildman–Crippen LogP) is 2.87. The van der Waals surface area contributed by atoms with E-state index in [0.717, 1.165) is 17.7 Å². The van der Waals surface area contributed by atoms with Crippen molar-refractivity contribution < 1.29 is 13.2 Å². The molecule has 0 saturated carbocycles. The van der Waals surface area contributed by atoms with E-state index in [1.807, 2.05) is 0 Å². The van der Waals surface area contributed by atoms with E-state index in [2.05, 4.69) is 10.2 Å². The molecule has 0 amide bonds. The van der Waals surface area contributed by atoms with Gasteiger partial charge in [0.05, 0.1) is 5.56 Å². The molecule has 2 heterocycles. The average molecular weight is 292 g/mol. The molecule has 0 aliphatic heterocycles. The Morgan fingerprint density at radius 1 is 1.10 bits per heavy atom. The van der Waals surface area contributed by atoms with Crippen LogP contribution in [0.3, 0.4) is 0 Å². The van der Waals surface area contributed by atoms with E-state index in [1.165, 1.54) is 6.07 Å². The second-order valence-corrected chi connectivity index (χ2v) is 4.53. The first-order valence-electron chi connectivity index (χ1n) is 6.21. The molecule has 0 fully saturated rings. The number of rotatable bonds is 2. The van der Waals surface area contributed by atoms with Gasteiger partial charge in [-0.15, -0.1) is 10.2 Å². The summed E-state index contributed by atoms with van der Waals surface area (Å²) in [5.41, 5.74) is 6.58. The van der Waals surface area contributed by atoms with Crippen molar-refractivity contribution in [1.29, 1.82) is 0 Å². The van der Waals surface area contributed by atoms with E-state index in [1.54, 1.807) is 28.8 Å². The number of hydrogen-bond donors (Lipinski definition) is 1. The van der Waals surface area contributed by atoms with Crippen molar-refractivity contribution in [1.82, 2.24) is 14.6 Å². The smallest absolute Gasteiger partial charge is 0.326 e. The van der Waals surface area contributed by atoms with Gasteiger partial charge in [-0.05, 0) is 18.2 Å². The molecule has 0 radical (unpaired) electrons. The highest BCUT2D eigenvalue weighted by Gasteiger charge is 2.30. The number of halogens is 3. The Bertz CT molecular complexity index is 792. The van der Waals surface area contributed by atoms with Crippen LogP contribution in [-0.2, 0) is 12.7 Å². The third-order valence-corrected chi connectivity index (χ3v) is 3.18. The van der Waals surface area contributed by atoms with E-state index < -0.39 is 11.7 Å². The lowest BCUT2D eigenvalue weighted by atomic mass is 10.1. The Balaban J connectivity index is 2.18. The summed E-state index contributed by atoms with van der Waals surface area (Å²) in [6.07, 6.45) is -2.69. The number of aromatic nitrogens is 3. The Morgan fingerprint density at radius 2 is 1.90 bits per heavy atom. The molecule has 4 nitrogen and oxygen atoms in total. The highest BCUT2D eigenvalue weighted by Crippen LogP contribution is 2.31. The van der Waals surface area contributed by atoms with Gasteiger partial charge in [0.25, 0.3) is 0 Å². The highest BCUT2D eigenvalue weighted by molar-refractivity contribution is 5.62. The molecule has 0 bridgehead atoms. The first-order valence-corrected chi connectivity index (χ1v) is 6.21. The maximum absolute atomic E-state index is 12.8. The van der Waals surface area contributed by atoms with Crippen LogP contribution in [0.25, 0.3) is 17.0 Å². The summed E-state index contributed by atoms with van der Waals surface area (Å²) in [5.74, 6) is 0.353. The number of alkyl halides is 3. The van der Waals surface area contributed by atoms with Gasteiger partial charge in [-0.2, -0.15) is 13.2 Å². The number of nitrogens with two attached hydrogens (primary N) is 1. The molecule has 21 heavy (non-hydrogen) atoms. The first kappa shape index (κ1) is 13.6. The fourth-order valence-electron chi connectivity index (χ4n) is 2.16. The predicted molar refractivity (Wildman–Crippen MR) is 71.3 cm³/mol. The van der Waals surface area contributed by atoms with Crippen molar-refractivity contribution in [3.05, 3.63) is 53.7 Å². The molecule has 0 saturated heterocycles. The summed E-state index contributed by atoms with van der Waals surface area (Å²) in [5, 5.41) is 8.00. The molecule has 0 unspecified atom stereocenters. The van der Waals surface area contributed by atoms with Gasteiger partial charge < -0.3 is 5.73 Å². The minimum absolute atomic E-state index is 0.283. The van der Waals surface area contributed by atoms with Gasteiger partial charge in [0.1, 0.15) is 0 Å². The van der Waals surface area contributed by atoms with Crippen molar-refractivity contribution in [3.63, 3.8) is 0 Å². The van der Waals surface area contributed by atoms with Crippen LogP contribution >= 0.6 is 0 Å². The lowest BCUT2D eigenvalue weighted by Gasteiger charge is -2.08. The molecule has 7 heteroatoms. The summed E-state index contributed by atoms with van der Waals surface area (Å²) < 4.78 is 40.0. The second-order valence-electron chi connectivity index (χ2n) is 4.53. The minimum atomic E-state index is -4.39. The normalized spacial score (nSPS) is 12.0. The fourth-order valence-corrected chi connectivity index (χ4v) is 2.16. The molecule has 0 aliphatic carbocycles. The number of fused-ring (bicyclic) bond motifs is 1. The first-order chi connectivity index (χ1) is 10.0. The number of hydrogen-bond acceptors (Lipinski definition) is 3. The zero-order chi connectivity index (χ0) is 15.0. The fraction of sp³-hybridized carbons (Fsp3) is 0.143. The van der Waals surface area contributed by atoms with Gasteiger partial charge in [-0.25, -0.2) is 0 Å². The summed E-state index contributed by atoms with van der Waals surface area (Å²) in [4.78, 5) is 0. The van der Waals surface area contributed by atoms with Crippen molar-refractivity contribution in [3.8, 4) is 11.4 Å². The Kier molecular flexibility index (Phi) is 3.13. The molecule has 1 aromatic carbocycles. The Hall–Kier alpha value is -2.41. The van der Waals surface area contributed by atoms with Crippen LogP contribution < -0.4 is 5.73 Å². The van der Waals surface area contributed by atoms with Gasteiger partial charge in [0, 0.05) is 23.9 Å². The van der Waals surface area contributed by atoms with Crippen LogP contribution in [0.15, 0.2) is 42.6 Å². The molecule has 108 valence electrons. The molecular weight excluding hydrogens is 281 g/mol. The highest BCUT2D eigenvalue weighted by atomic mass is 19.4. The maximum atomic E-state index is 12.8. The van der Waals surface area contributed by atoms with Crippen LogP contribution in [0.4, 0.5) is 13.2 Å². The van der Waals surface area contributed by atoms with Gasteiger partial charge in [0.2, 0.25) is 0 Å². The topological polar surface area (TPSA) is 56.2 Å². The van der Waals surface area contributed by atoms with Gasteiger partial charge in [0.15, 0.2) is 11.5 Å². The van der Waals surface area contributed by atoms with Crippen LogP contribution in [0.2, 0.25) is 0 Å². The number of nitrogens with zero attached hydrogens (tertiary/aromatic N) is 3. The number of pyridine rings is 1. The van der Waals surface area contributed by atoms with Crippen molar-refractivity contribution in [2.75, 3.05) is 0 Å². The van der Waals surface area contributed by atoms with E-state index in [-0.39, 0.29) is 6.54 Å². The quantitative estimate of drug-likeness (QED) is 0.790. The molecule has 0 spiro atoms. The third kappa shape index (κ3) is 2.36. The van der Waals surface area contributed by atoms with E-state index >= 15 is 0 Å². The zero-order valence-electron chi connectivity index (χ0n) is 10.8. The summed E-state index contributed by atoms with van der Waals surface area (Å²) in [6, 6.07) is 8.58. The van der Waals surface area contributed by atoms with Crippen LogP contribution in [0, 0.1) is 0 Å².